The number of hydrogen-bond donors (Lipinski definition) is 1. The van der Waals surface area contributed by atoms with E-state index in [1.807, 2.05) is 0 Å². The van der Waals surface area contributed by atoms with Crippen LogP contribution in [0.4, 0.5) is 0 Å². The van der Waals surface area contributed by atoms with Crippen molar-refractivity contribution < 1.29 is 8.42 Å². The van der Waals surface area contributed by atoms with Crippen molar-refractivity contribution in [3.63, 3.8) is 0 Å². The number of nitrogens with zero attached hydrogens (tertiary/aromatic N) is 2. The summed E-state index contributed by atoms with van der Waals surface area (Å²) in [6.07, 6.45) is 3.04. The lowest BCUT2D eigenvalue weighted by Crippen LogP contribution is -2.48. The van der Waals surface area contributed by atoms with Crippen LogP contribution >= 0.6 is 0 Å². The first-order valence-electron chi connectivity index (χ1n) is 10.4. The zero-order valence-electron chi connectivity index (χ0n) is 18.1. The van der Waals surface area contributed by atoms with Gasteiger partial charge in [0.15, 0.2) is 5.96 Å². The summed E-state index contributed by atoms with van der Waals surface area (Å²) < 4.78 is 23.0. The van der Waals surface area contributed by atoms with Gasteiger partial charge in [-0.3, -0.25) is 4.99 Å². The van der Waals surface area contributed by atoms with Crippen LogP contribution in [0.2, 0.25) is 0 Å². The number of likely N-dealkylation sites (tertiary alicyclic amines) is 1. The summed E-state index contributed by atoms with van der Waals surface area (Å²) in [6.45, 7) is 12.0. The summed E-state index contributed by atoms with van der Waals surface area (Å²) in [6, 6.07) is 10.8. The minimum Gasteiger partial charge on any atom is -0.357 e. The lowest BCUT2D eigenvalue weighted by atomic mass is 9.82. The highest BCUT2D eigenvalue weighted by Crippen LogP contribution is 2.32. The number of sulfone groups is 1. The molecule has 1 heterocycles. The van der Waals surface area contributed by atoms with Crippen LogP contribution in [0.1, 0.15) is 52.0 Å². The van der Waals surface area contributed by atoms with Crippen LogP contribution in [-0.4, -0.2) is 57.5 Å². The molecule has 0 spiro atoms. The minimum atomic E-state index is -2.94. The summed E-state index contributed by atoms with van der Waals surface area (Å²) >= 11 is 0. The fourth-order valence-corrected chi connectivity index (χ4v) is 4.71. The molecule has 2 atom stereocenters. The monoisotopic (exact) mass is 407 g/mol. The van der Waals surface area contributed by atoms with Gasteiger partial charge in [-0.15, -0.1) is 0 Å². The Kier molecular flexibility index (Phi) is 7.93. The van der Waals surface area contributed by atoms with Crippen LogP contribution in [0.5, 0.6) is 0 Å². The van der Waals surface area contributed by atoms with Crippen LogP contribution in [0.25, 0.3) is 0 Å². The molecule has 0 bridgehead atoms. The second-order valence-electron chi connectivity index (χ2n) is 8.94. The average molecular weight is 408 g/mol. The highest BCUT2D eigenvalue weighted by atomic mass is 32.2. The van der Waals surface area contributed by atoms with E-state index in [-0.39, 0.29) is 11.2 Å². The molecular weight excluding hydrogens is 370 g/mol. The van der Waals surface area contributed by atoms with E-state index >= 15 is 0 Å². The Morgan fingerprint density at radius 3 is 2.54 bits per heavy atom. The van der Waals surface area contributed by atoms with Crippen molar-refractivity contribution in [3.05, 3.63) is 35.9 Å². The van der Waals surface area contributed by atoms with Crippen molar-refractivity contribution in [2.45, 2.75) is 46.5 Å². The molecule has 5 nitrogen and oxygen atoms in total. The SMILES string of the molecule is CCNC(=NCC(C)(C)CCS(C)(=O)=O)N1CCC(c2ccccc2)C(C)C1. The van der Waals surface area contributed by atoms with E-state index < -0.39 is 9.84 Å². The fraction of sp³-hybridized carbons (Fsp3) is 0.682. The Balaban J connectivity index is 2.02. The molecule has 2 unspecified atom stereocenters. The predicted molar refractivity (Wildman–Crippen MR) is 119 cm³/mol. The maximum absolute atomic E-state index is 11.5. The van der Waals surface area contributed by atoms with E-state index in [4.69, 9.17) is 4.99 Å². The molecular formula is C22H37N3O2S. The molecule has 0 saturated carbocycles. The molecule has 1 aliphatic rings. The molecule has 1 aromatic carbocycles. The molecule has 1 N–H and O–H groups in total. The quantitative estimate of drug-likeness (QED) is 0.555. The maximum atomic E-state index is 11.5. The third-order valence-corrected chi connectivity index (χ3v) is 6.52. The van der Waals surface area contributed by atoms with Gasteiger partial charge >= 0.3 is 0 Å². The highest BCUT2D eigenvalue weighted by Gasteiger charge is 2.29. The molecule has 6 heteroatoms. The molecule has 1 saturated heterocycles. The van der Waals surface area contributed by atoms with Crippen molar-refractivity contribution in [3.8, 4) is 0 Å². The Labute approximate surface area is 171 Å². The molecule has 2 rings (SSSR count). The summed E-state index contributed by atoms with van der Waals surface area (Å²) in [4.78, 5) is 7.24. The molecule has 0 aromatic heterocycles. The maximum Gasteiger partial charge on any atom is 0.193 e. The van der Waals surface area contributed by atoms with Gasteiger partial charge < -0.3 is 10.2 Å². The standard InChI is InChI=1S/C22H37N3O2S/c1-6-23-21(24-17-22(3,4)13-15-28(5,26)27)25-14-12-20(18(2)16-25)19-10-8-7-9-11-19/h7-11,18,20H,6,12-17H2,1-5H3,(H,23,24). The van der Waals surface area contributed by atoms with E-state index in [0.717, 1.165) is 32.0 Å². The van der Waals surface area contributed by atoms with Crippen LogP contribution in [0, 0.1) is 11.3 Å². The summed E-state index contributed by atoms with van der Waals surface area (Å²) in [7, 11) is -2.94. The summed E-state index contributed by atoms with van der Waals surface area (Å²) in [5.74, 6) is 2.31. The number of rotatable bonds is 7. The van der Waals surface area contributed by atoms with Gasteiger partial charge in [0.2, 0.25) is 0 Å². The Hall–Kier alpha value is -1.56. The highest BCUT2D eigenvalue weighted by molar-refractivity contribution is 7.90. The molecule has 1 aliphatic heterocycles. The fourth-order valence-electron chi connectivity index (χ4n) is 3.79. The lowest BCUT2D eigenvalue weighted by Gasteiger charge is -2.39. The number of nitrogens with one attached hydrogen (secondary N) is 1. The van der Waals surface area contributed by atoms with Crippen LogP contribution in [-0.2, 0) is 9.84 Å². The second kappa shape index (κ2) is 9.77. The zero-order chi connectivity index (χ0) is 20.8. The van der Waals surface area contributed by atoms with Crippen molar-refractivity contribution in [2.75, 3.05) is 38.2 Å². The topological polar surface area (TPSA) is 61.8 Å². The number of aliphatic imine (C=N–C) groups is 1. The molecule has 0 radical (unpaired) electrons. The molecule has 1 aromatic rings. The lowest BCUT2D eigenvalue weighted by molar-refractivity contribution is 0.233. The van der Waals surface area contributed by atoms with Crippen LogP contribution < -0.4 is 5.32 Å². The average Bonchev–Trinajstić information content (AvgIpc) is 2.64. The normalized spacial score (nSPS) is 21.6. The van der Waals surface area contributed by atoms with Crippen molar-refractivity contribution in [2.24, 2.45) is 16.3 Å². The van der Waals surface area contributed by atoms with Gasteiger partial charge in [-0.2, -0.15) is 0 Å². The van der Waals surface area contributed by atoms with Gasteiger partial charge in [-0.25, -0.2) is 8.42 Å². The summed E-state index contributed by atoms with van der Waals surface area (Å²) in [5.41, 5.74) is 1.29. The largest absolute Gasteiger partial charge is 0.357 e. The first-order chi connectivity index (χ1) is 13.1. The first-order valence-corrected chi connectivity index (χ1v) is 12.4. The van der Waals surface area contributed by atoms with Crippen molar-refractivity contribution in [1.29, 1.82) is 0 Å². The molecule has 158 valence electrons. The Morgan fingerprint density at radius 1 is 1.29 bits per heavy atom. The molecule has 28 heavy (non-hydrogen) atoms. The molecule has 0 amide bonds. The van der Waals surface area contributed by atoms with E-state index in [9.17, 15) is 8.42 Å². The van der Waals surface area contributed by atoms with Crippen molar-refractivity contribution in [1.82, 2.24) is 10.2 Å². The number of benzene rings is 1. The predicted octanol–water partition coefficient (Wildman–Crippen LogP) is 3.54. The second-order valence-corrected chi connectivity index (χ2v) is 11.2. The number of hydrogen-bond acceptors (Lipinski definition) is 3. The number of guanidine groups is 1. The van der Waals surface area contributed by atoms with Crippen LogP contribution in [0.3, 0.4) is 0 Å². The van der Waals surface area contributed by atoms with Crippen LogP contribution in [0.15, 0.2) is 35.3 Å². The molecule has 1 fully saturated rings. The zero-order valence-corrected chi connectivity index (χ0v) is 18.9. The van der Waals surface area contributed by atoms with Gasteiger partial charge in [0, 0.05) is 32.4 Å². The van der Waals surface area contributed by atoms with E-state index in [0.29, 0.717) is 24.8 Å². The van der Waals surface area contributed by atoms with E-state index in [2.05, 4.69) is 68.2 Å². The van der Waals surface area contributed by atoms with E-state index in [1.165, 1.54) is 11.8 Å². The third kappa shape index (κ3) is 7.12. The van der Waals surface area contributed by atoms with Crippen molar-refractivity contribution >= 4 is 15.8 Å². The molecule has 0 aliphatic carbocycles. The number of piperidine rings is 1. The van der Waals surface area contributed by atoms with Gasteiger partial charge in [0.1, 0.15) is 9.84 Å². The Morgan fingerprint density at radius 2 is 1.96 bits per heavy atom. The van der Waals surface area contributed by atoms with Gasteiger partial charge in [-0.1, -0.05) is 51.1 Å². The smallest absolute Gasteiger partial charge is 0.193 e. The summed E-state index contributed by atoms with van der Waals surface area (Å²) in [5, 5.41) is 3.43. The third-order valence-electron chi connectivity index (χ3n) is 5.57. The van der Waals surface area contributed by atoms with Gasteiger partial charge in [0.25, 0.3) is 0 Å². The Bertz CT molecular complexity index is 744. The van der Waals surface area contributed by atoms with E-state index in [1.54, 1.807) is 0 Å². The first kappa shape index (κ1) is 22.7. The van der Waals surface area contributed by atoms with Gasteiger partial charge in [-0.05, 0) is 42.6 Å². The van der Waals surface area contributed by atoms with Gasteiger partial charge in [0.05, 0.1) is 5.75 Å². The minimum absolute atomic E-state index is 0.141.